The van der Waals surface area contributed by atoms with Crippen molar-refractivity contribution in [1.82, 2.24) is 0 Å². The van der Waals surface area contributed by atoms with E-state index in [1.165, 1.54) is 14.0 Å². The number of ether oxygens (including phenoxy) is 2. The van der Waals surface area contributed by atoms with Crippen LogP contribution in [0.5, 0.6) is 5.75 Å². The van der Waals surface area contributed by atoms with Crippen LogP contribution in [0.25, 0.3) is 0 Å². The van der Waals surface area contributed by atoms with Gasteiger partial charge in [0.05, 0.1) is 30.0 Å². The number of benzene rings is 1. The molecule has 0 fully saturated rings. The SMILES string of the molecule is COC(=O)C=COc1cccc(Cl)c1C(C)=O. The minimum Gasteiger partial charge on any atom is -0.466 e. The summed E-state index contributed by atoms with van der Waals surface area (Å²) in [6, 6.07) is 4.83. The fourth-order valence-corrected chi connectivity index (χ4v) is 1.47. The summed E-state index contributed by atoms with van der Waals surface area (Å²) >= 11 is 5.88. The summed E-state index contributed by atoms with van der Waals surface area (Å²) in [4.78, 5) is 22.2. The highest BCUT2D eigenvalue weighted by Crippen LogP contribution is 2.26. The normalized spacial score (nSPS) is 10.3. The highest BCUT2D eigenvalue weighted by Gasteiger charge is 2.11. The monoisotopic (exact) mass is 254 g/mol. The van der Waals surface area contributed by atoms with Gasteiger partial charge in [-0.05, 0) is 19.1 Å². The molecule has 0 radical (unpaired) electrons. The number of rotatable bonds is 4. The molecular formula is C12H11ClO4. The van der Waals surface area contributed by atoms with Crippen molar-refractivity contribution in [1.29, 1.82) is 0 Å². The molecule has 0 saturated carbocycles. The van der Waals surface area contributed by atoms with Crippen LogP contribution < -0.4 is 4.74 Å². The van der Waals surface area contributed by atoms with Crippen LogP contribution in [0.15, 0.2) is 30.5 Å². The molecule has 0 bridgehead atoms. The van der Waals surface area contributed by atoms with Gasteiger partial charge in [-0.1, -0.05) is 17.7 Å². The van der Waals surface area contributed by atoms with Crippen molar-refractivity contribution in [2.45, 2.75) is 6.92 Å². The lowest BCUT2D eigenvalue weighted by molar-refractivity contribution is -0.134. The number of carbonyl (C=O) groups excluding carboxylic acids is 2. The van der Waals surface area contributed by atoms with Gasteiger partial charge >= 0.3 is 5.97 Å². The van der Waals surface area contributed by atoms with Crippen molar-refractivity contribution >= 4 is 23.4 Å². The van der Waals surface area contributed by atoms with Crippen LogP contribution in [0.1, 0.15) is 17.3 Å². The Balaban J connectivity index is 2.92. The quantitative estimate of drug-likeness (QED) is 0.359. The number of carbonyl (C=O) groups is 2. The molecule has 0 N–H and O–H groups in total. The standard InChI is InChI=1S/C12H11ClO4/c1-8(14)12-9(13)4-3-5-10(12)17-7-6-11(15)16-2/h3-7H,1-2H3. The molecule has 0 amide bonds. The van der Waals surface area contributed by atoms with E-state index in [1.54, 1.807) is 18.2 Å². The Morgan fingerprint density at radius 1 is 1.35 bits per heavy atom. The third kappa shape index (κ3) is 3.60. The molecule has 0 spiro atoms. The first-order valence-electron chi connectivity index (χ1n) is 4.77. The first-order valence-corrected chi connectivity index (χ1v) is 5.14. The van der Waals surface area contributed by atoms with E-state index < -0.39 is 5.97 Å². The number of esters is 1. The van der Waals surface area contributed by atoms with Gasteiger partial charge in [0.1, 0.15) is 5.75 Å². The zero-order valence-corrected chi connectivity index (χ0v) is 10.2. The maximum atomic E-state index is 11.4. The van der Waals surface area contributed by atoms with E-state index in [0.29, 0.717) is 10.8 Å². The second-order valence-electron chi connectivity index (χ2n) is 3.11. The van der Waals surface area contributed by atoms with Crippen molar-refractivity contribution in [2.24, 2.45) is 0 Å². The van der Waals surface area contributed by atoms with Gasteiger partial charge in [0.25, 0.3) is 0 Å². The van der Waals surface area contributed by atoms with Crippen LogP contribution in [0.4, 0.5) is 0 Å². The van der Waals surface area contributed by atoms with Crippen molar-refractivity contribution in [3.05, 3.63) is 41.1 Å². The molecular weight excluding hydrogens is 244 g/mol. The van der Waals surface area contributed by atoms with Gasteiger partial charge in [-0.3, -0.25) is 4.79 Å². The van der Waals surface area contributed by atoms with Gasteiger partial charge < -0.3 is 9.47 Å². The lowest BCUT2D eigenvalue weighted by Gasteiger charge is -2.06. The van der Waals surface area contributed by atoms with Gasteiger partial charge in [0, 0.05) is 0 Å². The second-order valence-corrected chi connectivity index (χ2v) is 3.52. The van der Waals surface area contributed by atoms with Crippen molar-refractivity contribution in [3.63, 3.8) is 0 Å². The van der Waals surface area contributed by atoms with Crippen LogP contribution in [0.2, 0.25) is 5.02 Å². The predicted molar refractivity (Wildman–Crippen MR) is 63.2 cm³/mol. The number of Topliss-reactive ketones (excluding diaryl/α,β-unsaturated/α-hetero) is 1. The van der Waals surface area contributed by atoms with Crippen LogP contribution >= 0.6 is 11.6 Å². The molecule has 0 unspecified atom stereocenters. The van der Waals surface area contributed by atoms with E-state index in [9.17, 15) is 9.59 Å². The Morgan fingerprint density at radius 3 is 2.65 bits per heavy atom. The summed E-state index contributed by atoms with van der Waals surface area (Å²) in [7, 11) is 1.26. The third-order valence-electron chi connectivity index (χ3n) is 1.93. The van der Waals surface area contributed by atoms with E-state index in [4.69, 9.17) is 16.3 Å². The van der Waals surface area contributed by atoms with E-state index >= 15 is 0 Å². The number of hydrogen-bond donors (Lipinski definition) is 0. The summed E-state index contributed by atoms with van der Waals surface area (Å²) in [6.45, 7) is 1.39. The van der Waals surface area contributed by atoms with Crippen LogP contribution in [-0.4, -0.2) is 18.9 Å². The van der Waals surface area contributed by atoms with Crippen molar-refractivity contribution in [2.75, 3.05) is 7.11 Å². The molecule has 1 aromatic carbocycles. The molecule has 90 valence electrons. The smallest absolute Gasteiger partial charge is 0.333 e. The van der Waals surface area contributed by atoms with Crippen LogP contribution in [0, 0.1) is 0 Å². The fourth-order valence-electron chi connectivity index (χ4n) is 1.18. The molecule has 0 heterocycles. The average molecular weight is 255 g/mol. The van der Waals surface area contributed by atoms with E-state index in [-0.39, 0.29) is 11.3 Å². The topological polar surface area (TPSA) is 52.6 Å². The number of halogens is 1. The molecule has 5 heteroatoms. The number of ketones is 1. The average Bonchev–Trinajstić information content (AvgIpc) is 2.28. The van der Waals surface area contributed by atoms with Gasteiger partial charge in [-0.2, -0.15) is 0 Å². The van der Waals surface area contributed by atoms with Crippen LogP contribution in [-0.2, 0) is 9.53 Å². The molecule has 0 aromatic heterocycles. The summed E-state index contributed by atoms with van der Waals surface area (Å²) in [6.07, 6.45) is 2.24. The lowest BCUT2D eigenvalue weighted by atomic mass is 10.1. The fraction of sp³-hybridized carbons (Fsp3) is 0.167. The zero-order chi connectivity index (χ0) is 12.8. The number of hydrogen-bond acceptors (Lipinski definition) is 4. The summed E-state index contributed by atoms with van der Waals surface area (Å²) in [5, 5.41) is 0.307. The molecule has 0 aliphatic carbocycles. The van der Waals surface area contributed by atoms with Gasteiger partial charge in [0.2, 0.25) is 0 Å². The first-order chi connectivity index (χ1) is 8.06. The van der Waals surface area contributed by atoms with Gasteiger partial charge in [-0.25, -0.2) is 4.79 Å². The molecule has 17 heavy (non-hydrogen) atoms. The summed E-state index contributed by atoms with van der Waals surface area (Å²) in [5.41, 5.74) is 0.281. The zero-order valence-electron chi connectivity index (χ0n) is 9.40. The molecule has 4 nitrogen and oxygen atoms in total. The largest absolute Gasteiger partial charge is 0.466 e. The van der Waals surface area contributed by atoms with Gasteiger partial charge in [0.15, 0.2) is 5.78 Å². The molecule has 1 rings (SSSR count). The molecule has 0 atom stereocenters. The number of methoxy groups -OCH3 is 1. The summed E-state index contributed by atoms with van der Waals surface area (Å²) < 4.78 is 9.56. The Labute approximate surface area is 104 Å². The Hall–Kier alpha value is -1.81. The molecule has 1 aromatic rings. The maximum absolute atomic E-state index is 11.4. The molecule has 0 aliphatic rings. The lowest BCUT2D eigenvalue weighted by Crippen LogP contribution is -1.99. The minimum atomic E-state index is -0.545. The Morgan fingerprint density at radius 2 is 2.06 bits per heavy atom. The molecule has 0 aliphatic heterocycles. The third-order valence-corrected chi connectivity index (χ3v) is 2.24. The first kappa shape index (κ1) is 13.3. The van der Waals surface area contributed by atoms with Gasteiger partial charge in [-0.15, -0.1) is 0 Å². The van der Waals surface area contributed by atoms with Crippen molar-refractivity contribution < 1.29 is 19.1 Å². The van der Waals surface area contributed by atoms with E-state index in [2.05, 4.69) is 4.74 Å². The Kier molecular flexibility index (Phi) is 4.72. The highest BCUT2D eigenvalue weighted by molar-refractivity contribution is 6.34. The van der Waals surface area contributed by atoms with Crippen molar-refractivity contribution in [3.8, 4) is 5.75 Å². The summed E-state index contributed by atoms with van der Waals surface area (Å²) in [5.74, 6) is -0.460. The predicted octanol–water partition coefficient (Wildman–Crippen LogP) is 2.61. The van der Waals surface area contributed by atoms with Crippen LogP contribution in [0.3, 0.4) is 0 Å². The highest BCUT2D eigenvalue weighted by atomic mass is 35.5. The molecule has 0 saturated heterocycles. The second kappa shape index (κ2) is 6.06. The van der Waals surface area contributed by atoms with E-state index in [0.717, 1.165) is 12.3 Å². The maximum Gasteiger partial charge on any atom is 0.333 e. The van der Waals surface area contributed by atoms with E-state index in [1.807, 2.05) is 0 Å². The Bertz CT molecular complexity index is 466. The minimum absolute atomic E-state index is 0.211.